The molecule has 0 spiro atoms. The maximum atomic E-state index is 9.95. The van der Waals surface area contributed by atoms with Crippen molar-refractivity contribution in [1.82, 2.24) is 4.90 Å². The minimum Gasteiger partial charge on any atom is -0.489 e. The van der Waals surface area contributed by atoms with Crippen LogP contribution in [-0.2, 0) is 4.74 Å². The molecule has 5 heteroatoms. The van der Waals surface area contributed by atoms with Crippen LogP contribution < -0.4 is 10.5 Å². The number of nitrogen functional groups attached to an aromatic ring is 1. The van der Waals surface area contributed by atoms with E-state index in [2.05, 4.69) is 11.8 Å². The SMILES string of the molecule is CCN(CCOC)CC(O)COc1ccccc1N. The average Bonchev–Trinajstić information content (AvgIpc) is 2.42. The Balaban J connectivity index is 2.34. The minimum atomic E-state index is -0.545. The molecule has 0 radical (unpaired) electrons. The van der Waals surface area contributed by atoms with Crippen LogP contribution in [0.5, 0.6) is 5.75 Å². The number of benzene rings is 1. The molecule has 0 saturated carbocycles. The maximum Gasteiger partial charge on any atom is 0.142 e. The molecular weight excluding hydrogens is 244 g/mol. The molecule has 0 heterocycles. The fraction of sp³-hybridized carbons (Fsp3) is 0.571. The molecule has 19 heavy (non-hydrogen) atoms. The molecule has 0 aliphatic carbocycles. The highest BCUT2D eigenvalue weighted by Gasteiger charge is 2.11. The van der Waals surface area contributed by atoms with Gasteiger partial charge < -0.3 is 20.3 Å². The molecule has 1 aromatic carbocycles. The van der Waals surface area contributed by atoms with E-state index < -0.39 is 6.10 Å². The number of aliphatic hydroxyl groups excluding tert-OH is 1. The summed E-state index contributed by atoms with van der Waals surface area (Å²) in [5.74, 6) is 0.612. The van der Waals surface area contributed by atoms with Crippen molar-refractivity contribution < 1.29 is 14.6 Å². The molecule has 108 valence electrons. The predicted octanol–water partition coefficient (Wildman–Crippen LogP) is 0.977. The normalized spacial score (nSPS) is 12.6. The van der Waals surface area contributed by atoms with Crippen LogP contribution in [0.15, 0.2) is 24.3 Å². The molecule has 0 bridgehead atoms. The summed E-state index contributed by atoms with van der Waals surface area (Å²) < 4.78 is 10.5. The number of para-hydroxylation sites is 2. The Labute approximate surface area is 114 Å². The summed E-state index contributed by atoms with van der Waals surface area (Å²) in [6, 6.07) is 7.28. The van der Waals surface area contributed by atoms with Gasteiger partial charge in [-0.3, -0.25) is 4.90 Å². The number of rotatable bonds is 9. The first-order valence-electron chi connectivity index (χ1n) is 6.54. The number of methoxy groups -OCH3 is 1. The first kappa shape index (κ1) is 15.8. The summed E-state index contributed by atoms with van der Waals surface area (Å²) in [4.78, 5) is 2.12. The van der Waals surface area contributed by atoms with Gasteiger partial charge in [-0.15, -0.1) is 0 Å². The largest absolute Gasteiger partial charge is 0.489 e. The predicted molar refractivity (Wildman–Crippen MR) is 76.3 cm³/mol. The first-order chi connectivity index (χ1) is 9.17. The Morgan fingerprint density at radius 3 is 2.74 bits per heavy atom. The zero-order valence-corrected chi connectivity index (χ0v) is 11.7. The Morgan fingerprint density at radius 1 is 1.37 bits per heavy atom. The second kappa shape index (κ2) is 8.74. The van der Waals surface area contributed by atoms with E-state index in [1.54, 1.807) is 19.2 Å². The Kier molecular flexibility index (Phi) is 7.25. The number of nitrogens with zero attached hydrogens (tertiary/aromatic N) is 1. The van der Waals surface area contributed by atoms with Crippen molar-refractivity contribution in [2.24, 2.45) is 0 Å². The van der Waals surface area contributed by atoms with Crippen LogP contribution in [0.1, 0.15) is 6.92 Å². The summed E-state index contributed by atoms with van der Waals surface area (Å²) in [6.07, 6.45) is -0.545. The summed E-state index contributed by atoms with van der Waals surface area (Å²) in [7, 11) is 1.67. The van der Waals surface area contributed by atoms with Crippen LogP contribution in [0.3, 0.4) is 0 Å². The van der Waals surface area contributed by atoms with Crippen LogP contribution in [0.2, 0.25) is 0 Å². The number of hydrogen-bond acceptors (Lipinski definition) is 5. The number of hydrogen-bond donors (Lipinski definition) is 2. The van der Waals surface area contributed by atoms with Crippen molar-refractivity contribution in [1.29, 1.82) is 0 Å². The van der Waals surface area contributed by atoms with Gasteiger partial charge >= 0.3 is 0 Å². The van der Waals surface area contributed by atoms with Crippen molar-refractivity contribution in [3.05, 3.63) is 24.3 Å². The molecule has 0 aromatic heterocycles. The smallest absolute Gasteiger partial charge is 0.142 e. The van der Waals surface area contributed by atoms with Gasteiger partial charge in [-0.1, -0.05) is 19.1 Å². The second-order valence-corrected chi connectivity index (χ2v) is 4.39. The second-order valence-electron chi connectivity index (χ2n) is 4.39. The average molecular weight is 268 g/mol. The molecule has 0 aliphatic rings. The summed E-state index contributed by atoms with van der Waals surface area (Å²) in [5, 5.41) is 9.95. The maximum absolute atomic E-state index is 9.95. The standard InChI is InChI=1S/C14H24N2O3/c1-3-16(8-9-18-2)10-12(17)11-19-14-7-5-4-6-13(14)15/h4-7,12,17H,3,8-11,15H2,1-2H3. The van der Waals surface area contributed by atoms with Crippen LogP contribution in [-0.4, -0.2) is 56.1 Å². The first-order valence-corrected chi connectivity index (χ1v) is 6.54. The summed E-state index contributed by atoms with van der Waals surface area (Å²) >= 11 is 0. The highest BCUT2D eigenvalue weighted by atomic mass is 16.5. The van der Waals surface area contributed by atoms with Gasteiger partial charge in [0.1, 0.15) is 18.5 Å². The van der Waals surface area contributed by atoms with Crippen molar-refractivity contribution >= 4 is 5.69 Å². The van der Waals surface area contributed by atoms with Gasteiger partial charge in [-0.05, 0) is 18.7 Å². The Hall–Kier alpha value is -1.30. The fourth-order valence-corrected chi connectivity index (χ4v) is 1.75. The van der Waals surface area contributed by atoms with Crippen molar-refractivity contribution in [3.63, 3.8) is 0 Å². The monoisotopic (exact) mass is 268 g/mol. The van der Waals surface area contributed by atoms with E-state index in [4.69, 9.17) is 15.2 Å². The molecule has 1 unspecified atom stereocenters. The fourth-order valence-electron chi connectivity index (χ4n) is 1.75. The molecule has 1 aromatic rings. The van der Waals surface area contributed by atoms with Crippen molar-refractivity contribution in [3.8, 4) is 5.75 Å². The highest BCUT2D eigenvalue weighted by molar-refractivity contribution is 5.51. The number of likely N-dealkylation sites (N-methyl/N-ethyl adjacent to an activating group) is 1. The molecule has 1 rings (SSSR count). The molecule has 0 fully saturated rings. The van der Waals surface area contributed by atoms with Gasteiger partial charge in [-0.25, -0.2) is 0 Å². The van der Waals surface area contributed by atoms with Gasteiger partial charge in [0, 0.05) is 20.2 Å². The summed E-state index contributed by atoms with van der Waals surface area (Å²) in [6.45, 7) is 5.18. The summed E-state index contributed by atoms with van der Waals surface area (Å²) in [5.41, 5.74) is 6.35. The van der Waals surface area contributed by atoms with Crippen molar-refractivity contribution in [2.75, 3.05) is 45.7 Å². The molecular formula is C14H24N2O3. The lowest BCUT2D eigenvalue weighted by Crippen LogP contribution is -2.37. The van der Waals surface area contributed by atoms with E-state index in [-0.39, 0.29) is 6.61 Å². The van der Waals surface area contributed by atoms with Crippen LogP contribution in [0, 0.1) is 0 Å². The van der Waals surface area contributed by atoms with Gasteiger partial charge in [-0.2, -0.15) is 0 Å². The van der Waals surface area contributed by atoms with Gasteiger partial charge in [0.05, 0.1) is 12.3 Å². The third kappa shape index (κ3) is 5.92. The van der Waals surface area contributed by atoms with Crippen LogP contribution in [0.4, 0.5) is 5.69 Å². The van der Waals surface area contributed by atoms with Crippen LogP contribution in [0.25, 0.3) is 0 Å². The molecule has 0 amide bonds. The zero-order valence-electron chi connectivity index (χ0n) is 11.7. The number of aliphatic hydroxyl groups is 1. The van der Waals surface area contributed by atoms with Gasteiger partial charge in [0.2, 0.25) is 0 Å². The number of anilines is 1. The molecule has 1 atom stereocenters. The minimum absolute atomic E-state index is 0.234. The van der Waals surface area contributed by atoms with Gasteiger partial charge in [0.15, 0.2) is 0 Å². The van der Waals surface area contributed by atoms with E-state index in [0.717, 1.165) is 13.1 Å². The number of ether oxygens (including phenoxy) is 2. The topological polar surface area (TPSA) is 68.0 Å². The van der Waals surface area contributed by atoms with Gasteiger partial charge in [0.25, 0.3) is 0 Å². The highest BCUT2D eigenvalue weighted by Crippen LogP contribution is 2.19. The Morgan fingerprint density at radius 2 is 2.11 bits per heavy atom. The van der Waals surface area contributed by atoms with E-state index in [1.807, 2.05) is 12.1 Å². The zero-order chi connectivity index (χ0) is 14.1. The van der Waals surface area contributed by atoms with E-state index in [1.165, 1.54) is 0 Å². The third-order valence-electron chi connectivity index (χ3n) is 2.88. The van der Waals surface area contributed by atoms with Crippen LogP contribution >= 0.6 is 0 Å². The molecule has 0 aliphatic heterocycles. The van der Waals surface area contributed by atoms with E-state index in [0.29, 0.717) is 24.6 Å². The molecule has 0 saturated heterocycles. The lowest BCUT2D eigenvalue weighted by molar-refractivity contribution is 0.0594. The lowest BCUT2D eigenvalue weighted by Gasteiger charge is -2.23. The lowest BCUT2D eigenvalue weighted by atomic mass is 10.3. The van der Waals surface area contributed by atoms with E-state index in [9.17, 15) is 5.11 Å². The quantitative estimate of drug-likeness (QED) is 0.653. The number of nitrogens with two attached hydrogens (primary N) is 1. The molecule has 3 N–H and O–H groups in total. The Bertz CT molecular complexity index is 360. The van der Waals surface area contributed by atoms with E-state index >= 15 is 0 Å². The van der Waals surface area contributed by atoms with Crippen molar-refractivity contribution in [2.45, 2.75) is 13.0 Å². The third-order valence-corrected chi connectivity index (χ3v) is 2.88. The molecule has 5 nitrogen and oxygen atoms in total.